The van der Waals surface area contributed by atoms with Crippen LogP contribution in [0.4, 0.5) is 11.9 Å². The van der Waals surface area contributed by atoms with Crippen LogP contribution in [0.25, 0.3) is 5.95 Å². The van der Waals surface area contributed by atoms with Crippen LogP contribution in [0, 0.1) is 0 Å². The van der Waals surface area contributed by atoms with Crippen LogP contribution < -0.4 is 10.6 Å². The molecule has 0 bridgehead atoms. The third-order valence-electron chi connectivity index (χ3n) is 2.49. The first kappa shape index (κ1) is 14.2. The first-order valence-corrected chi connectivity index (χ1v) is 6.46. The molecular formula is C12H19N7O. The van der Waals surface area contributed by atoms with Crippen LogP contribution in [0.3, 0.4) is 0 Å². The highest BCUT2D eigenvalue weighted by Gasteiger charge is 2.10. The lowest BCUT2D eigenvalue weighted by molar-refractivity contribution is 0.190. The topological polar surface area (TPSA) is 89.8 Å². The molecule has 0 spiro atoms. The molecule has 1 atom stereocenters. The summed E-state index contributed by atoms with van der Waals surface area (Å²) in [6.07, 6.45) is 5.11. The van der Waals surface area contributed by atoms with Gasteiger partial charge in [0.1, 0.15) is 6.33 Å². The SMILES string of the molecule is CCNc1nc(NC(C)COC)nc(-n2ccnc2)n1. The zero-order valence-corrected chi connectivity index (χ0v) is 11.9. The van der Waals surface area contributed by atoms with E-state index < -0.39 is 0 Å². The van der Waals surface area contributed by atoms with Crippen LogP contribution >= 0.6 is 0 Å². The van der Waals surface area contributed by atoms with Crippen molar-refractivity contribution in [3.63, 3.8) is 0 Å². The van der Waals surface area contributed by atoms with Gasteiger partial charge in [0.05, 0.1) is 6.61 Å². The molecule has 20 heavy (non-hydrogen) atoms. The van der Waals surface area contributed by atoms with E-state index >= 15 is 0 Å². The maximum atomic E-state index is 5.09. The quantitative estimate of drug-likeness (QED) is 0.778. The summed E-state index contributed by atoms with van der Waals surface area (Å²) in [5.74, 6) is 1.54. The number of anilines is 2. The Morgan fingerprint density at radius 1 is 1.30 bits per heavy atom. The van der Waals surface area contributed by atoms with Gasteiger partial charge in [-0.25, -0.2) is 4.98 Å². The number of nitrogens with zero attached hydrogens (tertiary/aromatic N) is 5. The van der Waals surface area contributed by atoms with Crippen molar-refractivity contribution in [2.45, 2.75) is 19.9 Å². The number of imidazole rings is 1. The molecule has 2 rings (SSSR count). The zero-order valence-electron chi connectivity index (χ0n) is 11.9. The van der Waals surface area contributed by atoms with Gasteiger partial charge in [-0.15, -0.1) is 0 Å². The molecule has 2 aromatic heterocycles. The van der Waals surface area contributed by atoms with E-state index in [9.17, 15) is 0 Å². The molecule has 8 nitrogen and oxygen atoms in total. The Hall–Kier alpha value is -2.22. The predicted molar refractivity (Wildman–Crippen MR) is 76.1 cm³/mol. The van der Waals surface area contributed by atoms with Crippen LogP contribution in [-0.4, -0.2) is 50.8 Å². The summed E-state index contributed by atoms with van der Waals surface area (Å²) >= 11 is 0. The molecular weight excluding hydrogens is 258 g/mol. The molecule has 0 aliphatic carbocycles. The van der Waals surface area contributed by atoms with E-state index in [1.807, 2.05) is 13.8 Å². The smallest absolute Gasteiger partial charge is 0.241 e. The van der Waals surface area contributed by atoms with Gasteiger partial charge >= 0.3 is 0 Å². The second kappa shape index (κ2) is 6.80. The minimum Gasteiger partial charge on any atom is -0.383 e. The first-order valence-electron chi connectivity index (χ1n) is 6.46. The number of hydrogen-bond donors (Lipinski definition) is 2. The lowest BCUT2D eigenvalue weighted by Crippen LogP contribution is -2.23. The van der Waals surface area contributed by atoms with E-state index in [0.717, 1.165) is 6.54 Å². The standard InChI is InChI=1S/C12H19N7O/c1-4-14-10-16-11(15-9(2)7-20-3)18-12(17-10)19-6-5-13-8-19/h5-6,8-9H,4,7H2,1-3H3,(H2,14,15,16,17,18). The molecule has 1 unspecified atom stereocenters. The Morgan fingerprint density at radius 3 is 2.75 bits per heavy atom. The van der Waals surface area contributed by atoms with Crippen LogP contribution in [0.15, 0.2) is 18.7 Å². The lowest BCUT2D eigenvalue weighted by atomic mass is 10.4. The fourth-order valence-corrected chi connectivity index (χ4v) is 1.67. The van der Waals surface area contributed by atoms with E-state index in [0.29, 0.717) is 24.5 Å². The van der Waals surface area contributed by atoms with E-state index in [4.69, 9.17) is 4.74 Å². The Labute approximate surface area is 117 Å². The largest absolute Gasteiger partial charge is 0.383 e. The molecule has 0 aliphatic heterocycles. The van der Waals surface area contributed by atoms with E-state index in [2.05, 4.69) is 30.6 Å². The van der Waals surface area contributed by atoms with Gasteiger partial charge in [-0.3, -0.25) is 4.57 Å². The molecule has 2 N–H and O–H groups in total. The summed E-state index contributed by atoms with van der Waals surface area (Å²) in [7, 11) is 1.66. The molecule has 0 amide bonds. The number of rotatable bonds is 7. The second-order valence-corrected chi connectivity index (χ2v) is 4.28. The molecule has 8 heteroatoms. The third-order valence-corrected chi connectivity index (χ3v) is 2.49. The number of nitrogens with one attached hydrogen (secondary N) is 2. The monoisotopic (exact) mass is 277 g/mol. The van der Waals surface area contributed by atoms with Crippen molar-refractivity contribution in [1.82, 2.24) is 24.5 Å². The van der Waals surface area contributed by atoms with E-state index in [1.54, 1.807) is 30.4 Å². The fraction of sp³-hybridized carbons (Fsp3) is 0.500. The summed E-state index contributed by atoms with van der Waals surface area (Å²) in [6.45, 7) is 5.29. The highest BCUT2D eigenvalue weighted by atomic mass is 16.5. The number of ether oxygens (including phenoxy) is 1. The normalized spacial score (nSPS) is 12.2. The van der Waals surface area contributed by atoms with Crippen molar-refractivity contribution in [2.75, 3.05) is 30.9 Å². The van der Waals surface area contributed by atoms with Gasteiger partial charge in [0.15, 0.2) is 0 Å². The van der Waals surface area contributed by atoms with Gasteiger partial charge in [-0.1, -0.05) is 0 Å². The first-order chi connectivity index (χ1) is 9.72. The van der Waals surface area contributed by atoms with Crippen molar-refractivity contribution in [3.05, 3.63) is 18.7 Å². The lowest BCUT2D eigenvalue weighted by Gasteiger charge is -2.14. The Balaban J connectivity index is 2.26. The Bertz CT molecular complexity index is 529. The Kier molecular flexibility index (Phi) is 4.83. The van der Waals surface area contributed by atoms with Gasteiger partial charge in [0, 0.05) is 32.1 Å². The second-order valence-electron chi connectivity index (χ2n) is 4.28. The molecule has 0 fully saturated rings. The maximum absolute atomic E-state index is 5.09. The average molecular weight is 277 g/mol. The minimum absolute atomic E-state index is 0.104. The summed E-state index contributed by atoms with van der Waals surface area (Å²) < 4.78 is 6.82. The number of hydrogen-bond acceptors (Lipinski definition) is 7. The highest BCUT2D eigenvalue weighted by molar-refractivity contribution is 5.38. The van der Waals surface area contributed by atoms with Crippen LogP contribution in [0.2, 0.25) is 0 Å². The minimum atomic E-state index is 0.104. The van der Waals surface area contributed by atoms with Gasteiger partial charge in [0.25, 0.3) is 0 Å². The molecule has 2 heterocycles. The van der Waals surface area contributed by atoms with Gasteiger partial charge in [-0.2, -0.15) is 15.0 Å². The van der Waals surface area contributed by atoms with Crippen molar-refractivity contribution in [2.24, 2.45) is 0 Å². The molecule has 0 saturated heterocycles. The predicted octanol–water partition coefficient (Wildman–Crippen LogP) is 0.936. The van der Waals surface area contributed by atoms with Gasteiger partial charge in [-0.05, 0) is 13.8 Å². The maximum Gasteiger partial charge on any atom is 0.241 e. The van der Waals surface area contributed by atoms with Gasteiger partial charge in [0.2, 0.25) is 17.8 Å². The molecule has 2 aromatic rings. The zero-order chi connectivity index (χ0) is 14.4. The molecule has 0 radical (unpaired) electrons. The Morgan fingerprint density at radius 2 is 2.10 bits per heavy atom. The third kappa shape index (κ3) is 3.64. The summed E-state index contributed by atoms with van der Waals surface area (Å²) in [6, 6.07) is 0.104. The molecule has 0 aliphatic rings. The number of methoxy groups -OCH3 is 1. The summed E-state index contributed by atoms with van der Waals surface area (Å²) in [5, 5.41) is 6.27. The van der Waals surface area contributed by atoms with Crippen molar-refractivity contribution in [1.29, 1.82) is 0 Å². The fourth-order valence-electron chi connectivity index (χ4n) is 1.67. The molecule has 0 aromatic carbocycles. The summed E-state index contributed by atoms with van der Waals surface area (Å²) in [5.41, 5.74) is 0. The van der Waals surface area contributed by atoms with Crippen molar-refractivity contribution in [3.8, 4) is 5.95 Å². The van der Waals surface area contributed by atoms with Crippen LogP contribution in [0.1, 0.15) is 13.8 Å². The molecule has 0 saturated carbocycles. The van der Waals surface area contributed by atoms with Crippen LogP contribution in [0.5, 0.6) is 0 Å². The van der Waals surface area contributed by atoms with Crippen molar-refractivity contribution >= 4 is 11.9 Å². The van der Waals surface area contributed by atoms with Gasteiger partial charge < -0.3 is 15.4 Å². The molecule has 108 valence electrons. The van der Waals surface area contributed by atoms with E-state index in [-0.39, 0.29) is 6.04 Å². The van der Waals surface area contributed by atoms with Crippen LogP contribution in [-0.2, 0) is 4.74 Å². The van der Waals surface area contributed by atoms with E-state index in [1.165, 1.54) is 0 Å². The van der Waals surface area contributed by atoms with Crippen molar-refractivity contribution < 1.29 is 4.74 Å². The number of aromatic nitrogens is 5. The average Bonchev–Trinajstić information content (AvgIpc) is 2.93. The highest BCUT2D eigenvalue weighted by Crippen LogP contribution is 2.10. The summed E-state index contributed by atoms with van der Waals surface area (Å²) in [4.78, 5) is 17.0.